The van der Waals surface area contributed by atoms with Gasteiger partial charge in [0.05, 0.1) is 30.8 Å². The molecule has 2 amide bonds. The Morgan fingerprint density at radius 3 is 2.58 bits per heavy atom. The first-order chi connectivity index (χ1) is 17.5. The lowest BCUT2D eigenvalue weighted by Gasteiger charge is -2.29. The SMILES string of the molecule is CCc1ccccc1Cc1csc(CNC(=O)C(CO)[C@@H](O)C(=O)N2CCCC2c2ccccc2)n1. The minimum absolute atomic E-state index is 0.137. The zero-order chi connectivity index (χ0) is 25.5. The maximum absolute atomic E-state index is 13.1. The number of likely N-dealkylation sites (tertiary alicyclic amines) is 1. The summed E-state index contributed by atoms with van der Waals surface area (Å²) in [5, 5.41) is 26.1. The van der Waals surface area contributed by atoms with Crippen LogP contribution in [0.25, 0.3) is 0 Å². The van der Waals surface area contributed by atoms with Crippen LogP contribution >= 0.6 is 11.3 Å². The molecular weight excluding hydrogens is 474 g/mol. The monoisotopic (exact) mass is 507 g/mol. The molecule has 190 valence electrons. The van der Waals surface area contributed by atoms with Crippen LogP contribution in [-0.2, 0) is 29.0 Å². The molecule has 0 bridgehead atoms. The number of thiazole rings is 1. The van der Waals surface area contributed by atoms with Crippen molar-refractivity contribution < 1.29 is 19.8 Å². The molecule has 0 saturated carbocycles. The number of aliphatic hydroxyl groups excluding tert-OH is 2. The molecule has 2 aromatic carbocycles. The summed E-state index contributed by atoms with van der Waals surface area (Å²) in [4.78, 5) is 32.2. The Morgan fingerprint density at radius 1 is 1.14 bits per heavy atom. The summed E-state index contributed by atoms with van der Waals surface area (Å²) in [5.41, 5.74) is 4.46. The average molecular weight is 508 g/mol. The van der Waals surface area contributed by atoms with Gasteiger partial charge in [-0.15, -0.1) is 11.3 Å². The van der Waals surface area contributed by atoms with E-state index < -0.39 is 30.4 Å². The minimum atomic E-state index is -1.61. The largest absolute Gasteiger partial charge is 0.395 e. The van der Waals surface area contributed by atoms with E-state index in [9.17, 15) is 19.8 Å². The fourth-order valence-electron chi connectivity index (χ4n) is 4.80. The Bertz CT molecular complexity index is 1170. The van der Waals surface area contributed by atoms with Crippen LogP contribution < -0.4 is 5.32 Å². The highest BCUT2D eigenvalue weighted by Crippen LogP contribution is 2.32. The third kappa shape index (κ3) is 6.00. The maximum atomic E-state index is 13.1. The van der Waals surface area contributed by atoms with Gasteiger partial charge in [0.2, 0.25) is 5.91 Å². The summed E-state index contributed by atoms with van der Waals surface area (Å²) >= 11 is 1.45. The molecule has 1 saturated heterocycles. The second kappa shape index (κ2) is 12.3. The number of amides is 2. The number of carbonyl (C=O) groups is 2. The van der Waals surface area contributed by atoms with Gasteiger partial charge < -0.3 is 20.4 Å². The number of aliphatic hydroxyl groups is 2. The summed E-state index contributed by atoms with van der Waals surface area (Å²) < 4.78 is 0. The lowest BCUT2D eigenvalue weighted by molar-refractivity contribution is -0.150. The second-order valence-electron chi connectivity index (χ2n) is 9.08. The topological polar surface area (TPSA) is 103 Å². The lowest BCUT2D eigenvalue weighted by atomic mass is 9.99. The van der Waals surface area contributed by atoms with Crippen LogP contribution in [0.15, 0.2) is 60.0 Å². The quantitative estimate of drug-likeness (QED) is 0.391. The first kappa shape index (κ1) is 26.0. The van der Waals surface area contributed by atoms with Gasteiger partial charge >= 0.3 is 0 Å². The molecule has 3 aromatic rings. The van der Waals surface area contributed by atoms with Crippen LogP contribution in [0.1, 0.15) is 53.2 Å². The molecule has 0 aliphatic carbocycles. The molecule has 3 N–H and O–H groups in total. The van der Waals surface area contributed by atoms with E-state index >= 15 is 0 Å². The first-order valence-electron chi connectivity index (χ1n) is 12.4. The predicted molar refractivity (Wildman–Crippen MR) is 139 cm³/mol. The maximum Gasteiger partial charge on any atom is 0.252 e. The van der Waals surface area contributed by atoms with E-state index in [4.69, 9.17) is 0 Å². The fourth-order valence-corrected chi connectivity index (χ4v) is 5.53. The third-order valence-corrected chi connectivity index (χ3v) is 7.67. The molecule has 2 heterocycles. The zero-order valence-electron chi connectivity index (χ0n) is 20.5. The molecule has 4 rings (SSSR count). The summed E-state index contributed by atoms with van der Waals surface area (Å²) in [6.07, 6.45) is 1.68. The number of aromatic nitrogens is 1. The molecular formula is C28H33N3O4S. The summed E-state index contributed by atoms with van der Waals surface area (Å²) in [6, 6.07) is 17.8. The second-order valence-corrected chi connectivity index (χ2v) is 10.0. The van der Waals surface area contributed by atoms with Gasteiger partial charge in [0.15, 0.2) is 0 Å². The Hall–Kier alpha value is -3.07. The van der Waals surface area contributed by atoms with Crippen LogP contribution in [0, 0.1) is 5.92 Å². The van der Waals surface area contributed by atoms with E-state index in [0.717, 1.165) is 41.9 Å². The van der Waals surface area contributed by atoms with E-state index in [2.05, 4.69) is 29.4 Å². The standard InChI is InChI=1S/C28H33N3O4S/c1-2-19-9-6-7-12-21(19)15-22-18-36-25(30-22)16-29-27(34)23(17-32)26(33)28(35)31-14-8-13-24(31)20-10-4-3-5-11-20/h3-7,9-12,18,23-24,26,32-33H,2,8,13-17H2,1H3,(H,29,34)/t23?,24?,26-/m1/s1. The number of benzene rings is 2. The molecule has 3 atom stereocenters. The van der Waals surface area contributed by atoms with Gasteiger partial charge in [0.25, 0.3) is 5.91 Å². The van der Waals surface area contributed by atoms with Gasteiger partial charge in [0.1, 0.15) is 11.1 Å². The zero-order valence-corrected chi connectivity index (χ0v) is 21.3. The van der Waals surface area contributed by atoms with Gasteiger partial charge in [0, 0.05) is 18.3 Å². The molecule has 0 radical (unpaired) electrons. The molecule has 1 aliphatic heterocycles. The number of hydrogen-bond acceptors (Lipinski definition) is 6. The first-order valence-corrected chi connectivity index (χ1v) is 13.3. The minimum Gasteiger partial charge on any atom is -0.395 e. The molecule has 0 spiro atoms. The number of hydrogen-bond donors (Lipinski definition) is 3. The third-order valence-electron chi connectivity index (χ3n) is 6.77. The summed E-state index contributed by atoms with van der Waals surface area (Å²) in [5.74, 6) is -2.34. The van der Waals surface area contributed by atoms with Gasteiger partial charge in [-0.1, -0.05) is 61.5 Å². The number of nitrogens with one attached hydrogen (secondary N) is 1. The Balaban J connectivity index is 1.35. The van der Waals surface area contributed by atoms with E-state index in [1.165, 1.54) is 22.5 Å². The Morgan fingerprint density at radius 2 is 1.86 bits per heavy atom. The number of rotatable bonds is 10. The lowest BCUT2D eigenvalue weighted by Crippen LogP contribution is -2.48. The van der Waals surface area contributed by atoms with Gasteiger partial charge in [-0.05, 0) is 36.0 Å². The molecule has 1 aliphatic rings. The average Bonchev–Trinajstić information content (AvgIpc) is 3.58. The van der Waals surface area contributed by atoms with Gasteiger partial charge in [-0.2, -0.15) is 0 Å². The van der Waals surface area contributed by atoms with Crippen molar-refractivity contribution in [2.24, 2.45) is 5.92 Å². The van der Waals surface area contributed by atoms with Crippen LogP contribution in [0.2, 0.25) is 0 Å². The van der Waals surface area contributed by atoms with Crippen molar-refractivity contribution in [3.05, 3.63) is 87.4 Å². The van der Waals surface area contributed by atoms with E-state index in [1.807, 2.05) is 47.8 Å². The predicted octanol–water partition coefficient (Wildman–Crippen LogP) is 3.25. The fraction of sp³-hybridized carbons (Fsp3) is 0.393. The number of carbonyl (C=O) groups excluding carboxylic acids is 2. The number of nitrogens with zero attached hydrogens (tertiary/aromatic N) is 2. The van der Waals surface area contributed by atoms with Crippen molar-refractivity contribution in [3.63, 3.8) is 0 Å². The smallest absolute Gasteiger partial charge is 0.252 e. The van der Waals surface area contributed by atoms with Crippen molar-refractivity contribution >= 4 is 23.2 Å². The Labute approximate surface area is 215 Å². The van der Waals surface area contributed by atoms with Gasteiger partial charge in [-0.3, -0.25) is 9.59 Å². The van der Waals surface area contributed by atoms with E-state index in [-0.39, 0.29) is 12.6 Å². The van der Waals surface area contributed by atoms with Crippen LogP contribution in [0.3, 0.4) is 0 Å². The van der Waals surface area contributed by atoms with E-state index in [0.29, 0.717) is 6.54 Å². The normalized spacial score (nSPS) is 17.1. The highest BCUT2D eigenvalue weighted by atomic mass is 32.1. The summed E-state index contributed by atoms with van der Waals surface area (Å²) in [7, 11) is 0. The van der Waals surface area contributed by atoms with Gasteiger partial charge in [-0.25, -0.2) is 4.98 Å². The van der Waals surface area contributed by atoms with Crippen molar-refractivity contribution in [1.82, 2.24) is 15.2 Å². The van der Waals surface area contributed by atoms with Crippen LogP contribution in [-0.4, -0.2) is 51.2 Å². The molecule has 2 unspecified atom stereocenters. The Kier molecular flexibility index (Phi) is 8.85. The van der Waals surface area contributed by atoms with Crippen LogP contribution in [0.5, 0.6) is 0 Å². The number of aryl methyl sites for hydroxylation is 1. The molecule has 1 fully saturated rings. The summed E-state index contributed by atoms with van der Waals surface area (Å²) in [6.45, 7) is 2.19. The van der Waals surface area contributed by atoms with Crippen LogP contribution in [0.4, 0.5) is 0 Å². The van der Waals surface area contributed by atoms with Crippen molar-refractivity contribution in [3.8, 4) is 0 Å². The molecule has 1 aromatic heterocycles. The molecule has 7 nitrogen and oxygen atoms in total. The van der Waals surface area contributed by atoms with Crippen molar-refractivity contribution in [2.45, 2.75) is 51.3 Å². The molecule has 8 heteroatoms. The highest BCUT2D eigenvalue weighted by molar-refractivity contribution is 7.09. The van der Waals surface area contributed by atoms with Crippen molar-refractivity contribution in [1.29, 1.82) is 0 Å². The molecule has 36 heavy (non-hydrogen) atoms. The van der Waals surface area contributed by atoms with E-state index in [1.54, 1.807) is 4.90 Å². The van der Waals surface area contributed by atoms with Crippen molar-refractivity contribution in [2.75, 3.05) is 13.2 Å². The highest BCUT2D eigenvalue weighted by Gasteiger charge is 2.39.